The van der Waals surface area contributed by atoms with Gasteiger partial charge in [0.1, 0.15) is 11.4 Å². The van der Waals surface area contributed by atoms with Gasteiger partial charge in [-0.1, -0.05) is 30.3 Å². The van der Waals surface area contributed by atoms with Gasteiger partial charge in [-0.25, -0.2) is 9.78 Å². The van der Waals surface area contributed by atoms with E-state index in [1.54, 1.807) is 7.05 Å². The van der Waals surface area contributed by atoms with Crippen LogP contribution in [-0.2, 0) is 18.2 Å². The van der Waals surface area contributed by atoms with E-state index in [-0.39, 0.29) is 5.56 Å². The maximum atomic E-state index is 12.0. The van der Waals surface area contributed by atoms with E-state index in [4.69, 9.17) is 0 Å². The van der Waals surface area contributed by atoms with E-state index in [1.807, 2.05) is 30.3 Å². The summed E-state index contributed by atoms with van der Waals surface area (Å²) in [4.78, 5) is 27.5. The molecule has 0 aliphatic carbocycles. The molecular formula is C14H14N2O3. The standard InChI is InChI=1S/C14H14N2O3/c1-16-12(8-10-6-4-3-5-7-10)15-9-11(13(16)17)14(18)19-2/h3-7,9H,8H2,1-2H3. The zero-order chi connectivity index (χ0) is 13.8. The fraction of sp³-hybridized carbons (Fsp3) is 0.214. The summed E-state index contributed by atoms with van der Waals surface area (Å²) in [5, 5.41) is 0. The Hall–Kier alpha value is -2.43. The number of carbonyl (C=O) groups is 1. The molecule has 0 bridgehead atoms. The Balaban J connectivity index is 2.37. The molecule has 5 heteroatoms. The fourth-order valence-corrected chi connectivity index (χ4v) is 1.77. The van der Waals surface area contributed by atoms with Gasteiger partial charge in [-0.3, -0.25) is 9.36 Å². The number of carbonyl (C=O) groups excluding carboxylic acids is 1. The Morgan fingerprint density at radius 2 is 2.00 bits per heavy atom. The quantitative estimate of drug-likeness (QED) is 0.775. The molecule has 1 aromatic carbocycles. The van der Waals surface area contributed by atoms with E-state index < -0.39 is 11.5 Å². The number of nitrogens with zero attached hydrogens (tertiary/aromatic N) is 2. The van der Waals surface area contributed by atoms with Crippen LogP contribution in [0.1, 0.15) is 21.7 Å². The van der Waals surface area contributed by atoms with Gasteiger partial charge in [0, 0.05) is 19.7 Å². The van der Waals surface area contributed by atoms with Crippen LogP contribution in [0.2, 0.25) is 0 Å². The van der Waals surface area contributed by atoms with Gasteiger partial charge in [0.25, 0.3) is 5.56 Å². The van der Waals surface area contributed by atoms with Gasteiger partial charge in [-0.2, -0.15) is 0 Å². The van der Waals surface area contributed by atoms with Crippen LogP contribution in [0.25, 0.3) is 0 Å². The van der Waals surface area contributed by atoms with Crippen molar-refractivity contribution in [1.82, 2.24) is 9.55 Å². The Morgan fingerprint density at radius 3 is 2.63 bits per heavy atom. The molecule has 1 heterocycles. The number of hydrogen-bond acceptors (Lipinski definition) is 4. The monoisotopic (exact) mass is 258 g/mol. The average molecular weight is 258 g/mol. The first kappa shape index (κ1) is 13.0. The number of hydrogen-bond donors (Lipinski definition) is 0. The van der Waals surface area contributed by atoms with E-state index in [0.717, 1.165) is 5.56 Å². The highest BCUT2D eigenvalue weighted by atomic mass is 16.5. The third kappa shape index (κ3) is 2.70. The molecule has 2 rings (SSSR count). The highest BCUT2D eigenvalue weighted by Crippen LogP contribution is 2.05. The maximum Gasteiger partial charge on any atom is 0.345 e. The molecule has 1 aromatic heterocycles. The van der Waals surface area contributed by atoms with Gasteiger partial charge in [-0.05, 0) is 5.56 Å². The second-order valence-corrected chi connectivity index (χ2v) is 4.11. The summed E-state index contributed by atoms with van der Waals surface area (Å²) in [5.41, 5.74) is 0.602. The molecule has 0 fully saturated rings. The Morgan fingerprint density at radius 1 is 1.32 bits per heavy atom. The van der Waals surface area contributed by atoms with Crippen molar-refractivity contribution in [2.24, 2.45) is 7.05 Å². The predicted molar refractivity (Wildman–Crippen MR) is 70.1 cm³/mol. The largest absolute Gasteiger partial charge is 0.465 e. The molecule has 2 aromatic rings. The molecule has 0 atom stereocenters. The minimum Gasteiger partial charge on any atom is -0.465 e. The SMILES string of the molecule is COC(=O)c1cnc(Cc2ccccc2)n(C)c1=O. The summed E-state index contributed by atoms with van der Waals surface area (Å²) in [6.07, 6.45) is 1.81. The molecule has 0 spiro atoms. The van der Waals surface area contributed by atoms with Gasteiger partial charge in [0.15, 0.2) is 0 Å². The van der Waals surface area contributed by atoms with Crippen LogP contribution in [0.15, 0.2) is 41.3 Å². The lowest BCUT2D eigenvalue weighted by Crippen LogP contribution is -2.28. The number of methoxy groups -OCH3 is 1. The van der Waals surface area contributed by atoms with Gasteiger partial charge in [0.05, 0.1) is 7.11 Å². The second kappa shape index (κ2) is 5.48. The third-order valence-electron chi connectivity index (χ3n) is 2.88. The maximum absolute atomic E-state index is 12.0. The molecule has 0 unspecified atom stereocenters. The van der Waals surface area contributed by atoms with Crippen molar-refractivity contribution in [3.05, 3.63) is 63.8 Å². The van der Waals surface area contributed by atoms with Crippen LogP contribution in [0.4, 0.5) is 0 Å². The summed E-state index contributed by atoms with van der Waals surface area (Å²) in [6, 6.07) is 9.70. The van der Waals surface area contributed by atoms with Crippen LogP contribution >= 0.6 is 0 Å². The molecular weight excluding hydrogens is 244 g/mol. The molecule has 0 N–H and O–H groups in total. The summed E-state index contributed by atoms with van der Waals surface area (Å²) >= 11 is 0. The summed E-state index contributed by atoms with van der Waals surface area (Å²) in [5.74, 6) is -0.0665. The van der Waals surface area contributed by atoms with Gasteiger partial charge >= 0.3 is 5.97 Å². The summed E-state index contributed by atoms with van der Waals surface area (Å²) in [7, 11) is 2.83. The third-order valence-corrected chi connectivity index (χ3v) is 2.88. The van der Waals surface area contributed by atoms with Crippen molar-refractivity contribution < 1.29 is 9.53 Å². The Bertz CT molecular complexity index is 647. The van der Waals surface area contributed by atoms with E-state index in [2.05, 4.69) is 9.72 Å². The van der Waals surface area contributed by atoms with Crippen molar-refractivity contribution >= 4 is 5.97 Å². The lowest BCUT2D eigenvalue weighted by Gasteiger charge is -2.08. The van der Waals surface area contributed by atoms with E-state index in [9.17, 15) is 9.59 Å². The topological polar surface area (TPSA) is 61.2 Å². The number of aromatic nitrogens is 2. The molecule has 0 amide bonds. The van der Waals surface area contributed by atoms with Crippen LogP contribution in [0.3, 0.4) is 0 Å². The Kier molecular flexibility index (Phi) is 3.75. The van der Waals surface area contributed by atoms with E-state index >= 15 is 0 Å². The van der Waals surface area contributed by atoms with Gasteiger partial charge in [-0.15, -0.1) is 0 Å². The van der Waals surface area contributed by atoms with Crippen LogP contribution in [-0.4, -0.2) is 22.6 Å². The summed E-state index contributed by atoms with van der Waals surface area (Å²) in [6.45, 7) is 0. The highest BCUT2D eigenvalue weighted by Gasteiger charge is 2.14. The first-order valence-corrected chi connectivity index (χ1v) is 5.80. The van der Waals surface area contributed by atoms with Gasteiger partial charge in [0.2, 0.25) is 0 Å². The number of ether oxygens (including phenoxy) is 1. The molecule has 98 valence electrons. The smallest absolute Gasteiger partial charge is 0.345 e. The average Bonchev–Trinajstić information content (AvgIpc) is 2.44. The second-order valence-electron chi connectivity index (χ2n) is 4.11. The fourth-order valence-electron chi connectivity index (χ4n) is 1.77. The number of benzene rings is 1. The zero-order valence-electron chi connectivity index (χ0n) is 10.8. The molecule has 0 aliphatic rings. The predicted octanol–water partition coefficient (Wildman–Crippen LogP) is 1.16. The lowest BCUT2D eigenvalue weighted by atomic mass is 10.1. The molecule has 0 saturated heterocycles. The van der Waals surface area contributed by atoms with Crippen molar-refractivity contribution in [3.63, 3.8) is 0 Å². The number of rotatable bonds is 3. The molecule has 0 radical (unpaired) electrons. The van der Waals surface area contributed by atoms with Crippen molar-refractivity contribution in [1.29, 1.82) is 0 Å². The zero-order valence-corrected chi connectivity index (χ0v) is 10.8. The summed E-state index contributed by atoms with van der Waals surface area (Å²) < 4.78 is 5.91. The van der Waals surface area contributed by atoms with E-state index in [1.165, 1.54) is 17.9 Å². The number of esters is 1. The first-order valence-electron chi connectivity index (χ1n) is 5.80. The molecule has 5 nitrogen and oxygen atoms in total. The van der Waals surface area contributed by atoms with Gasteiger partial charge < -0.3 is 4.74 Å². The molecule has 0 aliphatic heterocycles. The van der Waals surface area contributed by atoms with Crippen molar-refractivity contribution in [2.45, 2.75) is 6.42 Å². The van der Waals surface area contributed by atoms with Crippen LogP contribution in [0, 0.1) is 0 Å². The van der Waals surface area contributed by atoms with E-state index in [0.29, 0.717) is 12.2 Å². The lowest BCUT2D eigenvalue weighted by molar-refractivity contribution is 0.0597. The van der Waals surface area contributed by atoms with Crippen molar-refractivity contribution in [2.75, 3.05) is 7.11 Å². The molecule has 19 heavy (non-hydrogen) atoms. The van der Waals surface area contributed by atoms with Crippen molar-refractivity contribution in [3.8, 4) is 0 Å². The normalized spacial score (nSPS) is 10.2. The highest BCUT2D eigenvalue weighted by molar-refractivity contribution is 5.88. The Labute approximate surface area is 110 Å². The van der Waals surface area contributed by atoms with Crippen LogP contribution < -0.4 is 5.56 Å². The molecule has 0 saturated carbocycles. The minimum absolute atomic E-state index is 0.0539. The minimum atomic E-state index is -0.667. The van der Waals surface area contributed by atoms with Crippen LogP contribution in [0.5, 0.6) is 0 Å². The first-order chi connectivity index (χ1) is 9.13.